The molecule has 32 heavy (non-hydrogen) atoms. The number of rotatable bonds is 2. The summed E-state index contributed by atoms with van der Waals surface area (Å²) in [6, 6.07) is 18.8. The van der Waals surface area contributed by atoms with E-state index in [1.807, 2.05) is 41.1 Å². The monoisotopic (exact) mass is 433 g/mol. The number of anilines is 1. The van der Waals surface area contributed by atoms with E-state index in [0.717, 1.165) is 17.3 Å². The number of aromatic nitrogens is 1. The van der Waals surface area contributed by atoms with Gasteiger partial charge in [-0.15, -0.1) is 0 Å². The molecule has 0 fully saturated rings. The van der Waals surface area contributed by atoms with Crippen molar-refractivity contribution in [2.24, 2.45) is 0 Å². The standard InChI is InChI=1S/C25H18F3N3O/c26-18-12-17(13-19(27)14-18)24-23-10-5-11-30(23)22-9-4-1-6-16(22)15-31(24)25(32)29-21-8-3-2-7-20(21)28/h1-14,24H,15H2,(H,29,32). The Kier molecular flexibility index (Phi) is 4.93. The van der Waals surface area contributed by atoms with Crippen molar-refractivity contribution in [2.45, 2.75) is 12.6 Å². The molecule has 0 radical (unpaired) electrons. The van der Waals surface area contributed by atoms with Crippen LogP contribution in [0.15, 0.2) is 85.1 Å². The molecule has 0 aliphatic carbocycles. The van der Waals surface area contributed by atoms with Crippen LogP contribution in [0.25, 0.3) is 5.69 Å². The van der Waals surface area contributed by atoms with Crippen LogP contribution in [0, 0.1) is 17.5 Å². The third-order valence-electron chi connectivity index (χ3n) is 5.54. The lowest BCUT2D eigenvalue weighted by molar-refractivity contribution is 0.194. The molecule has 1 unspecified atom stereocenters. The van der Waals surface area contributed by atoms with E-state index in [2.05, 4.69) is 5.32 Å². The molecule has 1 N–H and O–H groups in total. The van der Waals surface area contributed by atoms with Crippen LogP contribution in [-0.4, -0.2) is 15.5 Å². The van der Waals surface area contributed by atoms with Gasteiger partial charge < -0.3 is 14.8 Å². The highest BCUT2D eigenvalue weighted by Gasteiger charge is 2.33. The molecule has 0 saturated heterocycles. The lowest BCUT2D eigenvalue weighted by Gasteiger charge is -2.31. The molecule has 160 valence electrons. The molecule has 7 heteroatoms. The van der Waals surface area contributed by atoms with Gasteiger partial charge in [-0.25, -0.2) is 18.0 Å². The zero-order valence-electron chi connectivity index (χ0n) is 16.8. The molecule has 4 aromatic rings. The number of amides is 2. The van der Waals surface area contributed by atoms with Gasteiger partial charge in [0.2, 0.25) is 0 Å². The van der Waals surface area contributed by atoms with Crippen LogP contribution in [-0.2, 0) is 6.54 Å². The van der Waals surface area contributed by atoms with Crippen molar-refractivity contribution < 1.29 is 18.0 Å². The zero-order valence-corrected chi connectivity index (χ0v) is 16.8. The normalized spacial score (nSPS) is 15.0. The van der Waals surface area contributed by atoms with Crippen LogP contribution in [0.5, 0.6) is 0 Å². The van der Waals surface area contributed by atoms with E-state index in [0.29, 0.717) is 5.69 Å². The number of benzene rings is 3. The molecular weight excluding hydrogens is 415 g/mol. The van der Waals surface area contributed by atoms with Gasteiger partial charge in [-0.3, -0.25) is 0 Å². The van der Waals surface area contributed by atoms with E-state index < -0.39 is 29.5 Å². The number of nitrogens with zero attached hydrogens (tertiary/aromatic N) is 2. The first kappa shape index (κ1) is 19.9. The highest BCUT2D eigenvalue weighted by atomic mass is 19.1. The van der Waals surface area contributed by atoms with E-state index in [4.69, 9.17) is 0 Å². The number of hydrogen-bond donors (Lipinski definition) is 1. The fraction of sp³-hybridized carbons (Fsp3) is 0.0800. The Bertz CT molecular complexity index is 1300. The van der Waals surface area contributed by atoms with Gasteiger partial charge in [0.15, 0.2) is 0 Å². The van der Waals surface area contributed by atoms with Crippen molar-refractivity contribution >= 4 is 11.7 Å². The van der Waals surface area contributed by atoms with Crippen LogP contribution in [0.2, 0.25) is 0 Å². The molecule has 1 atom stereocenters. The van der Waals surface area contributed by atoms with Gasteiger partial charge in [0.05, 0.1) is 24.0 Å². The van der Waals surface area contributed by atoms with E-state index in [9.17, 15) is 18.0 Å². The fourth-order valence-corrected chi connectivity index (χ4v) is 4.17. The molecule has 0 spiro atoms. The quantitative estimate of drug-likeness (QED) is 0.412. The topological polar surface area (TPSA) is 37.3 Å². The van der Waals surface area contributed by atoms with E-state index in [-0.39, 0.29) is 17.8 Å². The Morgan fingerprint density at radius 3 is 2.38 bits per heavy atom. The number of carbonyl (C=O) groups excluding carboxylic acids is 1. The Balaban J connectivity index is 1.67. The van der Waals surface area contributed by atoms with E-state index >= 15 is 0 Å². The molecular formula is C25H18F3N3O. The first-order valence-corrected chi connectivity index (χ1v) is 10.0. The summed E-state index contributed by atoms with van der Waals surface area (Å²) in [5.41, 5.74) is 2.65. The average Bonchev–Trinajstić information content (AvgIpc) is 3.18. The maximum atomic E-state index is 14.2. The third-order valence-corrected chi connectivity index (χ3v) is 5.54. The minimum absolute atomic E-state index is 0.0228. The molecule has 1 aliphatic heterocycles. The number of carbonyl (C=O) groups is 1. The summed E-state index contributed by atoms with van der Waals surface area (Å²) in [6.45, 7) is 0.154. The predicted octanol–water partition coefficient (Wildman–Crippen LogP) is 6.03. The van der Waals surface area contributed by atoms with Crippen molar-refractivity contribution in [1.29, 1.82) is 0 Å². The molecule has 2 heterocycles. The summed E-state index contributed by atoms with van der Waals surface area (Å²) in [5, 5.41) is 2.61. The summed E-state index contributed by atoms with van der Waals surface area (Å²) in [7, 11) is 0. The summed E-state index contributed by atoms with van der Waals surface area (Å²) >= 11 is 0. The van der Waals surface area contributed by atoms with Crippen LogP contribution >= 0.6 is 0 Å². The van der Waals surface area contributed by atoms with E-state index in [1.54, 1.807) is 12.1 Å². The van der Waals surface area contributed by atoms with Crippen LogP contribution in [0.4, 0.5) is 23.7 Å². The Morgan fingerprint density at radius 1 is 0.875 bits per heavy atom. The Morgan fingerprint density at radius 2 is 1.59 bits per heavy atom. The highest BCUT2D eigenvalue weighted by Crippen LogP contribution is 2.37. The number of hydrogen-bond acceptors (Lipinski definition) is 1. The molecule has 4 nitrogen and oxygen atoms in total. The van der Waals surface area contributed by atoms with Gasteiger partial charge in [0, 0.05) is 18.0 Å². The second-order valence-electron chi connectivity index (χ2n) is 7.57. The minimum Gasteiger partial charge on any atom is -0.318 e. The number of fused-ring (bicyclic) bond motifs is 3. The van der Waals surface area contributed by atoms with Crippen LogP contribution in [0.3, 0.4) is 0 Å². The van der Waals surface area contributed by atoms with Crippen molar-refractivity contribution in [3.8, 4) is 5.69 Å². The molecule has 3 aromatic carbocycles. The van der Waals surface area contributed by atoms with Crippen molar-refractivity contribution in [3.63, 3.8) is 0 Å². The molecule has 2 amide bonds. The first-order chi connectivity index (χ1) is 15.5. The third kappa shape index (κ3) is 3.51. The van der Waals surface area contributed by atoms with Gasteiger partial charge in [-0.2, -0.15) is 0 Å². The molecule has 0 bridgehead atoms. The first-order valence-electron chi connectivity index (χ1n) is 10.0. The van der Waals surface area contributed by atoms with Crippen molar-refractivity contribution in [2.75, 3.05) is 5.32 Å². The highest BCUT2D eigenvalue weighted by molar-refractivity contribution is 5.90. The number of para-hydroxylation sites is 2. The summed E-state index contributed by atoms with van der Waals surface area (Å²) in [6.07, 6.45) is 1.84. The number of urea groups is 1. The smallest absolute Gasteiger partial charge is 0.318 e. The van der Waals surface area contributed by atoms with Crippen molar-refractivity contribution in [1.82, 2.24) is 9.47 Å². The van der Waals surface area contributed by atoms with Gasteiger partial charge in [0.1, 0.15) is 17.5 Å². The van der Waals surface area contributed by atoms with Gasteiger partial charge in [0.25, 0.3) is 0 Å². The van der Waals surface area contributed by atoms with Gasteiger partial charge in [-0.1, -0.05) is 30.3 Å². The van der Waals surface area contributed by atoms with Gasteiger partial charge in [-0.05, 0) is 53.6 Å². The summed E-state index contributed by atoms with van der Waals surface area (Å²) in [4.78, 5) is 14.9. The molecule has 1 aliphatic rings. The molecule has 5 rings (SSSR count). The van der Waals surface area contributed by atoms with Crippen LogP contribution < -0.4 is 5.32 Å². The van der Waals surface area contributed by atoms with E-state index in [1.165, 1.54) is 35.2 Å². The second-order valence-corrected chi connectivity index (χ2v) is 7.57. The average molecular weight is 433 g/mol. The Labute approximate surface area is 182 Å². The van der Waals surface area contributed by atoms with Crippen molar-refractivity contribution in [3.05, 3.63) is 119 Å². The predicted molar refractivity (Wildman–Crippen MR) is 115 cm³/mol. The maximum Gasteiger partial charge on any atom is 0.323 e. The number of halogens is 3. The number of nitrogens with one attached hydrogen (secondary N) is 1. The lowest BCUT2D eigenvalue weighted by atomic mass is 10.0. The zero-order chi connectivity index (χ0) is 22.2. The van der Waals surface area contributed by atoms with Crippen LogP contribution in [0.1, 0.15) is 22.9 Å². The summed E-state index contributed by atoms with van der Waals surface area (Å²) in [5.74, 6) is -2.06. The maximum absolute atomic E-state index is 14.2. The van der Waals surface area contributed by atoms with Gasteiger partial charge >= 0.3 is 6.03 Å². The molecule has 0 saturated carbocycles. The Hall–Kier alpha value is -4.00. The fourth-order valence-electron chi connectivity index (χ4n) is 4.17. The minimum atomic E-state index is -0.811. The SMILES string of the molecule is O=C(Nc1ccccc1F)N1Cc2ccccc2-n2cccc2C1c1cc(F)cc(F)c1. The lowest BCUT2D eigenvalue weighted by Crippen LogP contribution is -2.38. The largest absolute Gasteiger partial charge is 0.323 e. The summed E-state index contributed by atoms with van der Waals surface area (Å²) < 4.78 is 44.4. The molecule has 1 aromatic heterocycles. The second kappa shape index (κ2) is 7.92.